The van der Waals surface area contributed by atoms with Crippen molar-refractivity contribution < 1.29 is 24.8 Å². The molecule has 0 saturated carbocycles. The van der Waals surface area contributed by atoms with Crippen LogP contribution in [0, 0.1) is 6.07 Å². The van der Waals surface area contributed by atoms with Crippen LogP contribution in [0.1, 0.15) is 0 Å². The SMILES string of the molecule is COc1c[c-]c(-c2nccc3c2ccc2ccccc23)cc1.[Ir]. The van der Waals surface area contributed by atoms with Crippen LogP contribution in [0.4, 0.5) is 0 Å². The van der Waals surface area contributed by atoms with Gasteiger partial charge in [-0.05, 0) is 33.3 Å². The number of hydrogen-bond acceptors (Lipinski definition) is 2. The van der Waals surface area contributed by atoms with Gasteiger partial charge in [-0.25, -0.2) is 0 Å². The van der Waals surface area contributed by atoms with E-state index in [9.17, 15) is 0 Å². The fraction of sp³-hybridized carbons (Fsp3) is 0.0500. The van der Waals surface area contributed by atoms with Gasteiger partial charge in [-0.15, -0.1) is 29.8 Å². The summed E-state index contributed by atoms with van der Waals surface area (Å²) in [6, 6.07) is 23.8. The number of pyridine rings is 1. The first-order chi connectivity index (χ1) is 10.9. The molecule has 4 aromatic rings. The predicted octanol–water partition coefficient (Wildman–Crippen LogP) is 4.86. The summed E-state index contributed by atoms with van der Waals surface area (Å²) in [6.07, 6.45) is 1.86. The van der Waals surface area contributed by atoms with Gasteiger partial charge in [0.15, 0.2) is 0 Å². The van der Waals surface area contributed by atoms with Crippen molar-refractivity contribution in [3.63, 3.8) is 0 Å². The maximum atomic E-state index is 5.20. The molecule has 1 heterocycles. The van der Waals surface area contributed by atoms with Gasteiger partial charge in [0, 0.05) is 32.1 Å². The Kier molecular flexibility index (Phi) is 4.42. The third kappa shape index (κ3) is 2.74. The van der Waals surface area contributed by atoms with E-state index in [-0.39, 0.29) is 20.1 Å². The van der Waals surface area contributed by atoms with Gasteiger partial charge in [0.2, 0.25) is 0 Å². The quantitative estimate of drug-likeness (QED) is 0.305. The van der Waals surface area contributed by atoms with E-state index >= 15 is 0 Å². The molecule has 4 rings (SSSR count). The largest absolute Gasteiger partial charge is 0.540 e. The molecule has 3 aromatic carbocycles. The van der Waals surface area contributed by atoms with E-state index in [1.165, 1.54) is 16.2 Å². The molecule has 1 aromatic heterocycles. The van der Waals surface area contributed by atoms with Crippen LogP contribution in [0.3, 0.4) is 0 Å². The Balaban J connectivity index is 0.00000156. The van der Waals surface area contributed by atoms with Crippen LogP contribution >= 0.6 is 0 Å². The normalized spacial score (nSPS) is 10.5. The Morgan fingerprint density at radius 2 is 1.74 bits per heavy atom. The maximum absolute atomic E-state index is 5.20. The zero-order valence-corrected chi connectivity index (χ0v) is 14.9. The molecule has 0 bridgehead atoms. The molecule has 115 valence electrons. The molecule has 0 aliphatic carbocycles. The van der Waals surface area contributed by atoms with Gasteiger partial charge in [0.25, 0.3) is 0 Å². The van der Waals surface area contributed by atoms with Crippen LogP contribution in [0.5, 0.6) is 5.75 Å². The molecule has 0 unspecified atom stereocenters. The van der Waals surface area contributed by atoms with Crippen molar-refractivity contribution in [1.29, 1.82) is 0 Å². The molecule has 23 heavy (non-hydrogen) atoms. The van der Waals surface area contributed by atoms with Crippen molar-refractivity contribution in [3.8, 4) is 17.0 Å². The van der Waals surface area contributed by atoms with E-state index in [0.29, 0.717) is 0 Å². The minimum atomic E-state index is 0. The van der Waals surface area contributed by atoms with Gasteiger partial charge in [-0.3, -0.25) is 0 Å². The van der Waals surface area contributed by atoms with Crippen molar-refractivity contribution in [2.75, 3.05) is 7.11 Å². The van der Waals surface area contributed by atoms with Gasteiger partial charge < -0.3 is 9.72 Å². The van der Waals surface area contributed by atoms with Crippen molar-refractivity contribution in [2.24, 2.45) is 0 Å². The van der Waals surface area contributed by atoms with Crippen molar-refractivity contribution in [3.05, 3.63) is 72.9 Å². The number of nitrogens with zero attached hydrogens (tertiary/aromatic N) is 1. The first-order valence-corrected chi connectivity index (χ1v) is 7.19. The summed E-state index contributed by atoms with van der Waals surface area (Å²) in [4.78, 5) is 4.57. The summed E-state index contributed by atoms with van der Waals surface area (Å²) < 4.78 is 5.20. The molecule has 0 N–H and O–H groups in total. The Morgan fingerprint density at radius 3 is 2.52 bits per heavy atom. The average molecular weight is 477 g/mol. The van der Waals surface area contributed by atoms with Crippen LogP contribution in [0.25, 0.3) is 32.8 Å². The minimum absolute atomic E-state index is 0. The zero-order chi connectivity index (χ0) is 14.9. The topological polar surface area (TPSA) is 22.1 Å². The first-order valence-electron chi connectivity index (χ1n) is 7.19. The van der Waals surface area contributed by atoms with Crippen LogP contribution in [-0.4, -0.2) is 12.1 Å². The molecular formula is C20H14IrNO-. The number of benzene rings is 3. The number of rotatable bonds is 2. The second-order valence-corrected chi connectivity index (χ2v) is 5.18. The predicted molar refractivity (Wildman–Crippen MR) is 90.1 cm³/mol. The second kappa shape index (κ2) is 6.49. The summed E-state index contributed by atoms with van der Waals surface area (Å²) in [5, 5.41) is 4.85. The maximum Gasteiger partial charge on any atom is 0.0647 e. The molecule has 3 heteroatoms. The Hall–Kier alpha value is -2.22. The third-order valence-corrected chi connectivity index (χ3v) is 3.95. The number of ether oxygens (including phenoxy) is 1. The molecule has 0 spiro atoms. The van der Waals surface area contributed by atoms with Crippen molar-refractivity contribution in [1.82, 2.24) is 4.98 Å². The number of aromatic nitrogens is 1. The van der Waals surface area contributed by atoms with E-state index < -0.39 is 0 Å². The Labute approximate surface area is 148 Å². The standard InChI is InChI=1S/C20H14NO.Ir/c1-22-16-9-6-15(7-10-16)20-19-11-8-14-4-2-3-5-17(14)18(19)12-13-21-20;/h2-6,8-13H,1H3;/q-1;. The molecule has 0 amide bonds. The van der Waals surface area contributed by atoms with E-state index in [4.69, 9.17) is 4.74 Å². The number of hydrogen-bond donors (Lipinski definition) is 0. The Bertz CT molecular complexity index is 964. The van der Waals surface area contributed by atoms with Crippen molar-refractivity contribution in [2.45, 2.75) is 0 Å². The molecule has 2 nitrogen and oxygen atoms in total. The smallest absolute Gasteiger partial charge is 0.0647 e. The van der Waals surface area contributed by atoms with Crippen molar-refractivity contribution >= 4 is 21.5 Å². The molecule has 0 fully saturated rings. The molecule has 0 aliphatic heterocycles. The number of fused-ring (bicyclic) bond motifs is 3. The van der Waals surface area contributed by atoms with E-state index in [1.807, 2.05) is 24.4 Å². The van der Waals surface area contributed by atoms with Crippen LogP contribution in [0.15, 0.2) is 66.9 Å². The Morgan fingerprint density at radius 1 is 0.870 bits per heavy atom. The van der Waals surface area contributed by atoms with Gasteiger partial charge in [-0.1, -0.05) is 36.4 Å². The fourth-order valence-electron chi connectivity index (χ4n) is 2.84. The average Bonchev–Trinajstić information content (AvgIpc) is 2.61. The summed E-state index contributed by atoms with van der Waals surface area (Å²) in [7, 11) is 1.66. The minimum Gasteiger partial charge on any atom is -0.540 e. The van der Waals surface area contributed by atoms with E-state index in [1.54, 1.807) is 7.11 Å². The van der Waals surface area contributed by atoms with Crippen LogP contribution in [0.2, 0.25) is 0 Å². The molecular weight excluding hydrogens is 462 g/mol. The summed E-state index contributed by atoms with van der Waals surface area (Å²) in [5.74, 6) is 0.800. The first kappa shape index (κ1) is 15.7. The van der Waals surface area contributed by atoms with Gasteiger partial charge >= 0.3 is 0 Å². The van der Waals surface area contributed by atoms with Crippen LogP contribution < -0.4 is 4.74 Å². The van der Waals surface area contributed by atoms with Gasteiger partial charge in [-0.2, -0.15) is 0 Å². The number of methoxy groups -OCH3 is 1. The van der Waals surface area contributed by atoms with Gasteiger partial charge in [0.05, 0.1) is 7.11 Å². The van der Waals surface area contributed by atoms with Gasteiger partial charge in [0.1, 0.15) is 0 Å². The van der Waals surface area contributed by atoms with E-state index in [2.05, 4.69) is 53.5 Å². The van der Waals surface area contributed by atoms with E-state index in [0.717, 1.165) is 22.4 Å². The molecule has 0 saturated heterocycles. The summed E-state index contributed by atoms with van der Waals surface area (Å²) >= 11 is 0. The summed E-state index contributed by atoms with van der Waals surface area (Å²) in [6.45, 7) is 0. The summed E-state index contributed by atoms with van der Waals surface area (Å²) in [5.41, 5.74) is 1.92. The fourth-order valence-corrected chi connectivity index (χ4v) is 2.84. The third-order valence-electron chi connectivity index (χ3n) is 3.95. The molecule has 0 aliphatic rings. The van der Waals surface area contributed by atoms with Crippen LogP contribution in [-0.2, 0) is 20.1 Å². The molecule has 1 radical (unpaired) electrons. The second-order valence-electron chi connectivity index (χ2n) is 5.18. The molecule has 0 atom stereocenters. The monoisotopic (exact) mass is 477 g/mol. The zero-order valence-electron chi connectivity index (χ0n) is 12.5.